The molecular weight excluding hydrogens is 248 g/mol. The summed E-state index contributed by atoms with van der Waals surface area (Å²) < 4.78 is 4.83. The molecule has 18 heavy (non-hydrogen) atoms. The number of rotatable bonds is 4. The summed E-state index contributed by atoms with van der Waals surface area (Å²) in [7, 11) is 0. The van der Waals surface area contributed by atoms with E-state index in [1.165, 1.54) is 18.7 Å². The maximum atomic E-state index is 12.1. The summed E-state index contributed by atoms with van der Waals surface area (Å²) in [4.78, 5) is 22.7. The highest BCUT2D eigenvalue weighted by molar-refractivity contribution is 8.14. The van der Waals surface area contributed by atoms with Crippen molar-refractivity contribution >= 4 is 22.8 Å². The van der Waals surface area contributed by atoms with Crippen LogP contribution in [-0.2, 0) is 14.3 Å². The minimum Gasteiger partial charge on any atom is -0.465 e. The van der Waals surface area contributed by atoms with E-state index >= 15 is 0 Å². The Balaban J connectivity index is 1.83. The molecule has 100 valence electrons. The van der Waals surface area contributed by atoms with Gasteiger partial charge in [-0.25, -0.2) is 0 Å². The van der Waals surface area contributed by atoms with Crippen molar-refractivity contribution < 1.29 is 14.3 Å². The number of hydrogen-bond donors (Lipinski definition) is 0. The first-order valence-electron chi connectivity index (χ1n) is 6.43. The number of thioether (sulfide) groups is 1. The van der Waals surface area contributed by atoms with Crippen molar-refractivity contribution in [1.29, 1.82) is 0 Å². The van der Waals surface area contributed by atoms with Gasteiger partial charge in [0, 0.05) is 18.2 Å². The van der Waals surface area contributed by atoms with Crippen LogP contribution in [-0.4, -0.2) is 23.4 Å². The molecule has 0 aromatic carbocycles. The fourth-order valence-electron chi connectivity index (χ4n) is 2.98. The number of hydrogen-bond acceptors (Lipinski definition) is 4. The van der Waals surface area contributed by atoms with Crippen LogP contribution in [0.3, 0.4) is 0 Å². The zero-order valence-corrected chi connectivity index (χ0v) is 12.0. The van der Waals surface area contributed by atoms with E-state index in [1.807, 2.05) is 0 Å². The van der Waals surface area contributed by atoms with Crippen LogP contribution < -0.4 is 0 Å². The number of carbonyl (C=O) groups is 2. The Hall–Kier alpha value is -0.770. The molecule has 2 bridgehead atoms. The van der Waals surface area contributed by atoms with E-state index in [1.54, 1.807) is 0 Å². The van der Waals surface area contributed by atoms with Crippen LogP contribution in [0, 0.1) is 17.3 Å². The van der Waals surface area contributed by atoms with Gasteiger partial charge in [0.1, 0.15) is 6.61 Å². The molecule has 0 unspecified atom stereocenters. The Morgan fingerprint density at radius 2 is 2.22 bits per heavy atom. The third-order valence-corrected chi connectivity index (χ3v) is 5.19. The Kier molecular flexibility index (Phi) is 3.85. The van der Waals surface area contributed by atoms with Crippen LogP contribution in [0.4, 0.5) is 0 Å². The van der Waals surface area contributed by atoms with Crippen LogP contribution >= 0.6 is 11.8 Å². The summed E-state index contributed by atoms with van der Waals surface area (Å²) in [6, 6.07) is 0. The molecule has 0 radical (unpaired) electrons. The third-order valence-electron chi connectivity index (χ3n) is 4.33. The molecule has 0 aliphatic heterocycles. The second-order valence-corrected chi connectivity index (χ2v) is 6.75. The van der Waals surface area contributed by atoms with Gasteiger partial charge >= 0.3 is 5.97 Å². The van der Waals surface area contributed by atoms with E-state index in [2.05, 4.69) is 19.9 Å². The van der Waals surface area contributed by atoms with Crippen molar-refractivity contribution in [3.63, 3.8) is 0 Å². The Labute approximate surface area is 112 Å². The molecule has 0 saturated heterocycles. The average Bonchev–Trinajstić information content (AvgIpc) is 2.33. The van der Waals surface area contributed by atoms with Crippen LogP contribution in [0.5, 0.6) is 0 Å². The van der Waals surface area contributed by atoms with Gasteiger partial charge in [0.2, 0.25) is 5.12 Å². The highest BCUT2D eigenvalue weighted by Gasteiger charge is 2.52. The van der Waals surface area contributed by atoms with Crippen molar-refractivity contribution in [2.45, 2.75) is 33.6 Å². The van der Waals surface area contributed by atoms with Crippen LogP contribution in [0.2, 0.25) is 0 Å². The van der Waals surface area contributed by atoms with Gasteiger partial charge in [-0.2, -0.15) is 0 Å². The molecule has 0 amide bonds. The van der Waals surface area contributed by atoms with Crippen molar-refractivity contribution in [2.75, 3.05) is 12.4 Å². The van der Waals surface area contributed by atoms with Crippen LogP contribution in [0.15, 0.2) is 11.6 Å². The maximum absolute atomic E-state index is 12.1. The van der Waals surface area contributed by atoms with Crippen molar-refractivity contribution in [3.05, 3.63) is 11.6 Å². The summed E-state index contributed by atoms with van der Waals surface area (Å²) >= 11 is 1.27. The second kappa shape index (κ2) is 5.08. The zero-order valence-electron chi connectivity index (χ0n) is 11.2. The van der Waals surface area contributed by atoms with Gasteiger partial charge in [-0.1, -0.05) is 31.7 Å². The molecule has 3 rings (SSSR count). The van der Waals surface area contributed by atoms with E-state index in [0.29, 0.717) is 18.3 Å². The lowest BCUT2D eigenvalue weighted by Gasteiger charge is -2.55. The molecule has 0 aromatic rings. The molecule has 3 aliphatic carbocycles. The standard InChI is InChI=1S/C14H20O3S/c1-9(15)17-6-7-18-13(16)11-5-4-10-8-12(11)14(10,2)3/h5,10,12H,4,6-8H2,1-3H3/t10-,12-/m1/s1. The summed E-state index contributed by atoms with van der Waals surface area (Å²) in [5, 5.41) is 0.165. The topological polar surface area (TPSA) is 43.4 Å². The number of fused-ring (bicyclic) bond motifs is 1. The van der Waals surface area contributed by atoms with Crippen molar-refractivity contribution in [2.24, 2.45) is 17.3 Å². The predicted octanol–water partition coefficient (Wildman–Crippen LogP) is 2.80. The summed E-state index contributed by atoms with van der Waals surface area (Å²) in [5.74, 6) is 1.45. The lowest BCUT2D eigenvalue weighted by Crippen LogP contribution is -2.49. The first-order valence-corrected chi connectivity index (χ1v) is 7.42. The first-order chi connectivity index (χ1) is 8.43. The molecule has 0 N–H and O–H groups in total. The fourth-order valence-corrected chi connectivity index (χ4v) is 3.73. The summed E-state index contributed by atoms with van der Waals surface area (Å²) in [6.45, 7) is 6.22. The molecule has 1 fully saturated rings. The van der Waals surface area contributed by atoms with E-state index in [0.717, 1.165) is 24.3 Å². The van der Waals surface area contributed by atoms with Crippen molar-refractivity contribution in [1.82, 2.24) is 0 Å². The molecule has 4 heteroatoms. The molecule has 0 aromatic heterocycles. The van der Waals surface area contributed by atoms with E-state index < -0.39 is 0 Å². The highest BCUT2D eigenvalue weighted by atomic mass is 32.2. The molecule has 3 nitrogen and oxygen atoms in total. The van der Waals surface area contributed by atoms with E-state index in [-0.39, 0.29) is 16.5 Å². The van der Waals surface area contributed by atoms with Gasteiger partial charge in [-0.15, -0.1) is 0 Å². The smallest absolute Gasteiger partial charge is 0.302 e. The number of allylic oxidation sites excluding steroid dienone is 1. The number of esters is 1. The molecule has 1 saturated carbocycles. The van der Waals surface area contributed by atoms with Gasteiger partial charge in [-0.05, 0) is 30.1 Å². The maximum Gasteiger partial charge on any atom is 0.302 e. The van der Waals surface area contributed by atoms with Gasteiger partial charge in [0.25, 0.3) is 0 Å². The van der Waals surface area contributed by atoms with Crippen LogP contribution in [0.1, 0.15) is 33.6 Å². The van der Waals surface area contributed by atoms with Crippen molar-refractivity contribution in [3.8, 4) is 0 Å². The number of ether oxygens (including phenoxy) is 1. The van der Waals surface area contributed by atoms with Crippen LogP contribution in [0.25, 0.3) is 0 Å². The molecule has 0 heterocycles. The highest BCUT2D eigenvalue weighted by Crippen LogP contribution is 2.59. The minimum atomic E-state index is -0.289. The zero-order chi connectivity index (χ0) is 13.3. The largest absolute Gasteiger partial charge is 0.465 e. The Morgan fingerprint density at radius 3 is 2.78 bits per heavy atom. The quantitative estimate of drug-likeness (QED) is 0.581. The predicted molar refractivity (Wildman–Crippen MR) is 72.2 cm³/mol. The molecule has 2 atom stereocenters. The van der Waals surface area contributed by atoms with Gasteiger partial charge in [0.15, 0.2) is 0 Å². The van der Waals surface area contributed by atoms with E-state index in [4.69, 9.17) is 4.74 Å². The lowest BCUT2D eigenvalue weighted by atomic mass is 9.49. The second-order valence-electron chi connectivity index (χ2n) is 5.68. The number of carbonyl (C=O) groups excluding carboxylic acids is 2. The molecule has 3 aliphatic rings. The molecular formula is C14H20O3S. The van der Waals surface area contributed by atoms with Gasteiger partial charge in [-0.3, -0.25) is 9.59 Å². The summed E-state index contributed by atoms with van der Waals surface area (Å²) in [5.41, 5.74) is 1.28. The Bertz CT molecular complexity index is 398. The normalized spacial score (nSPS) is 28.1. The van der Waals surface area contributed by atoms with Gasteiger partial charge < -0.3 is 4.74 Å². The Morgan fingerprint density at radius 1 is 1.50 bits per heavy atom. The van der Waals surface area contributed by atoms with Gasteiger partial charge in [0.05, 0.1) is 0 Å². The monoisotopic (exact) mass is 268 g/mol. The van der Waals surface area contributed by atoms with E-state index in [9.17, 15) is 9.59 Å². The fraction of sp³-hybridized carbons (Fsp3) is 0.714. The summed E-state index contributed by atoms with van der Waals surface area (Å²) in [6.07, 6.45) is 4.31. The molecule has 0 spiro atoms. The minimum absolute atomic E-state index is 0.165. The first kappa shape index (κ1) is 13.7. The average molecular weight is 268 g/mol. The third kappa shape index (κ3) is 2.48. The SMILES string of the molecule is CC(=O)OCCSC(=O)C1=CC[C@@H]2C[C@H]1C2(C)C. The lowest BCUT2D eigenvalue weighted by molar-refractivity contribution is -0.140.